The Bertz CT molecular complexity index is 2020. The summed E-state index contributed by atoms with van der Waals surface area (Å²) in [6, 6.07) is 44.8. The van der Waals surface area contributed by atoms with Crippen molar-refractivity contribution in [1.29, 1.82) is 0 Å². The fraction of sp³-hybridized carbons (Fsp3) is 0.0930. The van der Waals surface area contributed by atoms with Crippen LogP contribution in [0.1, 0.15) is 18.4 Å². The summed E-state index contributed by atoms with van der Waals surface area (Å²) in [6.45, 7) is 0. The summed E-state index contributed by atoms with van der Waals surface area (Å²) in [5.74, 6) is 1.50. The van der Waals surface area contributed by atoms with Gasteiger partial charge in [0.15, 0.2) is 0 Å². The second-order valence-electron chi connectivity index (χ2n) is 11.4. The van der Waals surface area contributed by atoms with E-state index in [0.29, 0.717) is 0 Å². The van der Waals surface area contributed by atoms with Gasteiger partial charge in [-0.1, -0.05) is 121 Å². The van der Waals surface area contributed by atoms with Gasteiger partial charge in [-0.3, -0.25) is 4.98 Å². The van der Waals surface area contributed by atoms with Crippen molar-refractivity contribution < 1.29 is 9.47 Å². The van der Waals surface area contributed by atoms with Crippen molar-refractivity contribution in [3.63, 3.8) is 0 Å². The van der Waals surface area contributed by atoms with Crippen LogP contribution in [0.25, 0.3) is 61.3 Å². The highest BCUT2D eigenvalue weighted by Gasteiger charge is 2.16. The zero-order chi connectivity index (χ0) is 31.3. The first kappa shape index (κ1) is 29.1. The molecule has 0 N–H and O–H groups in total. The highest BCUT2D eigenvalue weighted by Crippen LogP contribution is 2.41. The Balaban J connectivity index is 1.31. The summed E-state index contributed by atoms with van der Waals surface area (Å²) in [6.07, 6.45) is 11.0. The fourth-order valence-corrected chi connectivity index (χ4v) is 6.13. The highest BCUT2D eigenvalue weighted by atomic mass is 16.5. The van der Waals surface area contributed by atoms with Crippen LogP contribution in [0, 0.1) is 0 Å². The number of hydrogen-bond acceptors (Lipinski definition) is 3. The maximum absolute atomic E-state index is 5.61. The first-order valence-corrected chi connectivity index (χ1v) is 15.7. The Morgan fingerprint density at radius 1 is 0.478 bits per heavy atom. The second-order valence-corrected chi connectivity index (χ2v) is 11.4. The standard InChI is InChI=1S/C43H35NO2/c1-45-37-25-36(26-38(27-37)46-2)39-15-9-10-16-40(39)42-29-44-43(35-13-7-4-8-14-35)28-41(42)34-23-21-33(22-24-34)32-19-17-31(18-20-32)30-11-5-3-6-12-30/h4-5,7-29H,3,6H2,1-2H3. The molecular weight excluding hydrogens is 562 g/mol. The molecule has 46 heavy (non-hydrogen) atoms. The number of nitrogens with zero attached hydrogens (tertiary/aromatic N) is 1. The van der Waals surface area contributed by atoms with Gasteiger partial charge in [0.1, 0.15) is 11.5 Å². The summed E-state index contributed by atoms with van der Waals surface area (Å²) in [5, 5.41) is 0. The summed E-state index contributed by atoms with van der Waals surface area (Å²) in [4.78, 5) is 4.97. The van der Waals surface area contributed by atoms with Crippen molar-refractivity contribution in [2.75, 3.05) is 14.2 Å². The lowest BCUT2D eigenvalue weighted by molar-refractivity contribution is 0.394. The van der Waals surface area contributed by atoms with Crippen LogP contribution >= 0.6 is 0 Å². The van der Waals surface area contributed by atoms with Gasteiger partial charge in [-0.15, -0.1) is 0 Å². The number of ether oxygens (including phenoxy) is 2. The number of allylic oxidation sites excluding steroid dienone is 4. The molecule has 3 heteroatoms. The lowest BCUT2D eigenvalue weighted by atomic mass is 9.89. The highest BCUT2D eigenvalue weighted by molar-refractivity contribution is 5.93. The maximum Gasteiger partial charge on any atom is 0.123 e. The predicted molar refractivity (Wildman–Crippen MR) is 191 cm³/mol. The van der Waals surface area contributed by atoms with E-state index >= 15 is 0 Å². The van der Waals surface area contributed by atoms with Crippen molar-refractivity contribution in [2.45, 2.75) is 12.8 Å². The molecule has 0 aliphatic heterocycles. The topological polar surface area (TPSA) is 31.4 Å². The molecule has 224 valence electrons. The molecule has 0 atom stereocenters. The van der Waals surface area contributed by atoms with E-state index in [-0.39, 0.29) is 0 Å². The van der Waals surface area contributed by atoms with E-state index in [4.69, 9.17) is 14.5 Å². The van der Waals surface area contributed by atoms with E-state index in [1.165, 1.54) is 22.3 Å². The summed E-state index contributed by atoms with van der Waals surface area (Å²) in [5.41, 5.74) is 13.5. The van der Waals surface area contributed by atoms with Crippen LogP contribution in [0.3, 0.4) is 0 Å². The molecule has 0 saturated carbocycles. The molecule has 1 aliphatic rings. The van der Waals surface area contributed by atoms with Gasteiger partial charge < -0.3 is 9.47 Å². The number of aromatic nitrogens is 1. The molecule has 0 spiro atoms. The van der Waals surface area contributed by atoms with Gasteiger partial charge in [-0.25, -0.2) is 0 Å². The lowest BCUT2D eigenvalue weighted by Gasteiger charge is -2.17. The van der Waals surface area contributed by atoms with Gasteiger partial charge in [-0.05, 0) is 81.1 Å². The van der Waals surface area contributed by atoms with E-state index in [1.54, 1.807) is 14.2 Å². The third kappa shape index (κ3) is 6.00. The predicted octanol–water partition coefficient (Wildman–Crippen LogP) is 11.2. The Morgan fingerprint density at radius 2 is 1.09 bits per heavy atom. The smallest absolute Gasteiger partial charge is 0.123 e. The third-order valence-corrected chi connectivity index (χ3v) is 8.60. The molecule has 1 heterocycles. The lowest BCUT2D eigenvalue weighted by Crippen LogP contribution is -1.94. The average Bonchev–Trinajstić information content (AvgIpc) is 3.15. The molecule has 0 fully saturated rings. The second kappa shape index (κ2) is 13.1. The average molecular weight is 598 g/mol. The Morgan fingerprint density at radius 3 is 1.72 bits per heavy atom. The minimum atomic E-state index is 0.748. The van der Waals surface area contributed by atoms with Crippen LogP contribution in [0.5, 0.6) is 11.5 Å². The first-order chi connectivity index (χ1) is 22.7. The van der Waals surface area contributed by atoms with Gasteiger partial charge in [0, 0.05) is 23.4 Å². The normalized spacial score (nSPS) is 12.4. The molecule has 1 aliphatic carbocycles. The summed E-state index contributed by atoms with van der Waals surface area (Å²) in [7, 11) is 3.36. The van der Waals surface area contributed by atoms with Crippen molar-refractivity contribution in [1.82, 2.24) is 4.98 Å². The van der Waals surface area contributed by atoms with E-state index < -0.39 is 0 Å². The van der Waals surface area contributed by atoms with Gasteiger partial charge in [-0.2, -0.15) is 0 Å². The molecule has 0 radical (unpaired) electrons. The van der Waals surface area contributed by atoms with Crippen LogP contribution in [0.4, 0.5) is 0 Å². The van der Waals surface area contributed by atoms with Crippen molar-refractivity contribution in [3.05, 3.63) is 157 Å². The van der Waals surface area contributed by atoms with Crippen LogP contribution in [-0.2, 0) is 0 Å². The van der Waals surface area contributed by atoms with E-state index in [9.17, 15) is 0 Å². The Labute approximate surface area is 271 Å². The quantitative estimate of drug-likeness (QED) is 0.175. The molecule has 6 aromatic rings. The number of benzene rings is 5. The minimum Gasteiger partial charge on any atom is -0.497 e. The van der Waals surface area contributed by atoms with Gasteiger partial charge >= 0.3 is 0 Å². The summed E-state index contributed by atoms with van der Waals surface area (Å²) >= 11 is 0. The summed E-state index contributed by atoms with van der Waals surface area (Å²) < 4.78 is 11.2. The van der Waals surface area contributed by atoms with Crippen molar-refractivity contribution in [3.8, 4) is 67.3 Å². The van der Waals surface area contributed by atoms with Gasteiger partial charge in [0.25, 0.3) is 0 Å². The van der Waals surface area contributed by atoms with Crippen molar-refractivity contribution in [2.24, 2.45) is 0 Å². The number of pyridine rings is 1. The van der Waals surface area contributed by atoms with E-state index in [0.717, 1.165) is 69.0 Å². The zero-order valence-corrected chi connectivity index (χ0v) is 26.1. The number of rotatable bonds is 8. The SMILES string of the molecule is COc1cc(OC)cc(-c2ccccc2-c2cnc(-c3ccccc3)cc2-c2ccc(-c3ccc(C4=CCCC=C4)cc3)cc2)c1. The maximum atomic E-state index is 5.61. The van der Waals surface area contributed by atoms with Gasteiger partial charge in [0.05, 0.1) is 19.9 Å². The monoisotopic (exact) mass is 597 g/mol. The Kier molecular flexibility index (Phi) is 8.30. The van der Waals surface area contributed by atoms with Crippen LogP contribution in [0.2, 0.25) is 0 Å². The molecule has 7 rings (SSSR count). The molecular formula is C43H35NO2. The molecule has 0 saturated heterocycles. The zero-order valence-electron chi connectivity index (χ0n) is 26.1. The Hall–Kier alpha value is -5.67. The number of hydrogen-bond donors (Lipinski definition) is 0. The van der Waals surface area contributed by atoms with Crippen LogP contribution < -0.4 is 9.47 Å². The fourth-order valence-electron chi connectivity index (χ4n) is 6.13. The van der Waals surface area contributed by atoms with Crippen molar-refractivity contribution >= 4 is 5.57 Å². The molecule has 0 amide bonds. The van der Waals surface area contributed by atoms with E-state index in [2.05, 4.69) is 121 Å². The molecule has 3 nitrogen and oxygen atoms in total. The molecule has 1 aromatic heterocycles. The van der Waals surface area contributed by atoms with Crippen LogP contribution in [-0.4, -0.2) is 19.2 Å². The van der Waals surface area contributed by atoms with Crippen LogP contribution in [0.15, 0.2) is 152 Å². The molecule has 0 unspecified atom stereocenters. The molecule has 5 aromatic carbocycles. The molecule has 0 bridgehead atoms. The first-order valence-electron chi connectivity index (χ1n) is 15.7. The van der Waals surface area contributed by atoms with Gasteiger partial charge in [0.2, 0.25) is 0 Å². The largest absolute Gasteiger partial charge is 0.497 e. The number of methoxy groups -OCH3 is 2. The minimum absolute atomic E-state index is 0.748. The van der Waals surface area contributed by atoms with E-state index in [1.807, 2.05) is 30.5 Å². The third-order valence-electron chi connectivity index (χ3n) is 8.60.